The SMILES string of the molecule is C[C@@H]1C[C@@H](C)CN(CCCCNC(=O)c2cc3ccccc3o2)C1. The topological polar surface area (TPSA) is 45.5 Å². The maximum atomic E-state index is 12.1. The summed E-state index contributed by atoms with van der Waals surface area (Å²) < 4.78 is 5.59. The lowest BCUT2D eigenvalue weighted by Gasteiger charge is -2.34. The van der Waals surface area contributed by atoms with Crippen molar-refractivity contribution in [2.24, 2.45) is 11.8 Å². The smallest absolute Gasteiger partial charge is 0.287 e. The van der Waals surface area contributed by atoms with Crippen LogP contribution in [0.25, 0.3) is 11.0 Å². The monoisotopic (exact) mass is 328 g/mol. The Labute approximate surface area is 144 Å². The van der Waals surface area contributed by atoms with E-state index in [9.17, 15) is 4.79 Å². The summed E-state index contributed by atoms with van der Waals surface area (Å²) >= 11 is 0. The van der Waals surface area contributed by atoms with Crippen molar-refractivity contribution >= 4 is 16.9 Å². The predicted molar refractivity (Wildman–Crippen MR) is 97.2 cm³/mol. The number of likely N-dealkylation sites (tertiary alicyclic amines) is 1. The quantitative estimate of drug-likeness (QED) is 0.818. The van der Waals surface area contributed by atoms with Gasteiger partial charge in [-0.25, -0.2) is 0 Å². The highest BCUT2D eigenvalue weighted by molar-refractivity contribution is 5.95. The molecular weight excluding hydrogens is 300 g/mol. The molecule has 4 heteroatoms. The predicted octanol–water partition coefficient (Wildman–Crippen LogP) is 3.92. The van der Waals surface area contributed by atoms with E-state index < -0.39 is 0 Å². The van der Waals surface area contributed by atoms with Crippen LogP contribution in [0.2, 0.25) is 0 Å². The molecule has 4 nitrogen and oxygen atoms in total. The summed E-state index contributed by atoms with van der Waals surface area (Å²) in [5.41, 5.74) is 0.760. The molecule has 3 rings (SSSR count). The molecule has 2 aromatic rings. The molecule has 0 radical (unpaired) electrons. The van der Waals surface area contributed by atoms with Gasteiger partial charge in [0.1, 0.15) is 5.58 Å². The van der Waals surface area contributed by atoms with Gasteiger partial charge in [-0.3, -0.25) is 4.79 Å². The first kappa shape index (κ1) is 17.0. The van der Waals surface area contributed by atoms with E-state index in [0.717, 1.165) is 42.2 Å². The molecule has 1 aromatic carbocycles. The molecule has 0 spiro atoms. The summed E-state index contributed by atoms with van der Waals surface area (Å²) in [5, 5.41) is 3.93. The van der Waals surface area contributed by atoms with Crippen LogP contribution in [0.3, 0.4) is 0 Å². The minimum atomic E-state index is -0.119. The lowest BCUT2D eigenvalue weighted by atomic mass is 9.92. The number of furan rings is 1. The number of carbonyl (C=O) groups excluding carboxylic acids is 1. The molecule has 1 aromatic heterocycles. The van der Waals surface area contributed by atoms with Gasteiger partial charge in [-0.05, 0) is 49.8 Å². The van der Waals surface area contributed by atoms with Crippen molar-refractivity contribution < 1.29 is 9.21 Å². The zero-order valence-electron chi connectivity index (χ0n) is 14.8. The van der Waals surface area contributed by atoms with Crippen LogP contribution < -0.4 is 5.32 Å². The van der Waals surface area contributed by atoms with Crippen LogP contribution >= 0.6 is 0 Å². The van der Waals surface area contributed by atoms with E-state index in [4.69, 9.17) is 4.42 Å². The normalized spacial score (nSPS) is 21.9. The number of hydrogen-bond donors (Lipinski definition) is 1. The Morgan fingerprint density at radius 2 is 1.96 bits per heavy atom. The summed E-state index contributed by atoms with van der Waals surface area (Å²) in [6.07, 6.45) is 3.48. The number of nitrogens with zero attached hydrogens (tertiary/aromatic N) is 1. The fourth-order valence-electron chi connectivity index (χ4n) is 3.82. The molecule has 1 amide bonds. The summed E-state index contributed by atoms with van der Waals surface area (Å²) in [4.78, 5) is 14.7. The first-order chi connectivity index (χ1) is 11.6. The van der Waals surface area contributed by atoms with E-state index in [-0.39, 0.29) is 5.91 Å². The first-order valence-corrected chi connectivity index (χ1v) is 9.11. The van der Waals surface area contributed by atoms with Crippen molar-refractivity contribution in [1.29, 1.82) is 0 Å². The summed E-state index contributed by atoms with van der Waals surface area (Å²) in [6, 6.07) is 9.50. The van der Waals surface area contributed by atoms with E-state index in [2.05, 4.69) is 24.1 Å². The van der Waals surface area contributed by atoms with Crippen molar-refractivity contribution in [3.8, 4) is 0 Å². The number of carbonyl (C=O) groups is 1. The van der Waals surface area contributed by atoms with Crippen LogP contribution in [0, 0.1) is 11.8 Å². The Morgan fingerprint density at radius 3 is 2.71 bits per heavy atom. The van der Waals surface area contributed by atoms with E-state index in [1.807, 2.05) is 24.3 Å². The van der Waals surface area contributed by atoms with E-state index in [0.29, 0.717) is 12.3 Å². The van der Waals surface area contributed by atoms with Crippen molar-refractivity contribution in [2.45, 2.75) is 33.1 Å². The highest BCUT2D eigenvalue weighted by atomic mass is 16.3. The second-order valence-corrected chi connectivity index (χ2v) is 7.32. The molecule has 0 aliphatic carbocycles. The van der Waals surface area contributed by atoms with Gasteiger partial charge in [0.15, 0.2) is 5.76 Å². The number of hydrogen-bond acceptors (Lipinski definition) is 3. The van der Waals surface area contributed by atoms with Crippen LogP contribution in [0.5, 0.6) is 0 Å². The third-order valence-corrected chi connectivity index (χ3v) is 4.78. The second-order valence-electron chi connectivity index (χ2n) is 7.32. The van der Waals surface area contributed by atoms with Crippen LogP contribution in [0.15, 0.2) is 34.7 Å². The zero-order valence-corrected chi connectivity index (χ0v) is 14.8. The number of unbranched alkanes of at least 4 members (excludes halogenated alkanes) is 1. The van der Waals surface area contributed by atoms with Gasteiger partial charge in [0, 0.05) is 25.0 Å². The lowest BCUT2D eigenvalue weighted by Crippen LogP contribution is -2.39. The van der Waals surface area contributed by atoms with Crippen LogP contribution in [0.4, 0.5) is 0 Å². The molecule has 1 saturated heterocycles. The minimum Gasteiger partial charge on any atom is -0.451 e. The number of amides is 1. The molecule has 0 saturated carbocycles. The largest absolute Gasteiger partial charge is 0.451 e. The van der Waals surface area contributed by atoms with Gasteiger partial charge in [-0.2, -0.15) is 0 Å². The molecular formula is C20H28N2O2. The van der Waals surface area contributed by atoms with E-state index in [1.165, 1.54) is 19.5 Å². The Kier molecular flexibility index (Phi) is 5.56. The third-order valence-electron chi connectivity index (χ3n) is 4.78. The standard InChI is InChI=1S/C20H28N2O2/c1-15-11-16(2)14-22(13-15)10-6-5-9-21-20(23)19-12-17-7-3-4-8-18(17)24-19/h3-4,7-8,12,15-16H,5-6,9-11,13-14H2,1-2H3,(H,21,23)/t15-,16-/m1/s1. The molecule has 0 bridgehead atoms. The number of rotatable bonds is 6. The third kappa shape index (κ3) is 4.38. The van der Waals surface area contributed by atoms with Crippen molar-refractivity contribution in [3.05, 3.63) is 36.1 Å². The number of fused-ring (bicyclic) bond motifs is 1. The van der Waals surface area contributed by atoms with E-state index in [1.54, 1.807) is 6.07 Å². The van der Waals surface area contributed by atoms with Gasteiger partial charge in [-0.1, -0.05) is 32.0 Å². The van der Waals surface area contributed by atoms with Crippen molar-refractivity contribution in [3.63, 3.8) is 0 Å². The summed E-state index contributed by atoms with van der Waals surface area (Å²) in [6.45, 7) is 8.96. The highest BCUT2D eigenvalue weighted by Crippen LogP contribution is 2.21. The minimum absolute atomic E-state index is 0.119. The summed E-state index contributed by atoms with van der Waals surface area (Å²) in [5.74, 6) is 1.89. The van der Waals surface area contributed by atoms with Crippen LogP contribution in [-0.4, -0.2) is 37.0 Å². The van der Waals surface area contributed by atoms with Gasteiger partial charge < -0.3 is 14.6 Å². The number of nitrogens with one attached hydrogen (secondary N) is 1. The molecule has 2 heterocycles. The molecule has 0 unspecified atom stereocenters. The second kappa shape index (κ2) is 7.84. The Hall–Kier alpha value is -1.81. The van der Waals surface area contributed by atoms with Gasteiger partial charge in [0.2, 0.25) is 0 Å². The maximum Gasteiger partial charge on any atom is 0.287 e. The molecule has 1 aliphatic heterocycles. The molecule has 1 fully saturated rings. The van der Waals surface area contributed by atoms with Crippen molar-refractivity contribution in [2.75, 3.05) is 26.2 Å². The zero-order chi connectivity index (χ0) is 16.9. The van der Waals surface area contributed by atoms with Crippen LogP contribution in [0.1, 0.15) is 43.7 Å². The molecule has 1 aliphatic rings. The number of piperidine rings is 1. The molecule has 2 atom stereocenters. The van der Waals surface area contributed by atoms with Gasteiger partial charge in [0.25, 0.3) is 5.91 Å². The van der Waals surface area contributed by atoms with Crippen LogP contribution in [-0.2, 0) is 0 Å². The summed E-state index contributed by atoms with van der Waals surface area (Å²) in [7, 11) is 0. The average Bonchev–Trinajstić information content (AvgIpc) is 2.97. The Morgan fingerprint density at radius 1 is 1.21 bits per heavy atom. The Bertz CT molecular complexity index is 636. The highest BCUT2D eigenvalue weighted by Gasteiger charge is 2.21. The molecule has 130 valence electrons. The molecule has 1 N–H and O–H groups in total. The maximum absolute atomic E-state index is 12.1. The number of para-hydroxylation sites is 1. The van der Waals surface area contributed by atoms with Crippen molar-refractivity contribution in [1.82, 2.24) is 10.2 Å². The van der Waals surface area contributed by atoms with E-state index >= 15 is 0 Å². The fraction of sp³-hybridized carbons (Fsp3) is 0.550. The first-order valence-electron chi connectivity index (χ1n) is 9.11. The van der Waals surface area contributed by atoms with Gasteiger partial charge in [0.05, 0.1) is 0 Å². The van der Waals surface area contributed by atoms with Gasteiger partial charge in [-0.15, -0.1) is 0 Å². The Balaban J connectivity index is 1.38. The molecule has 24 heavy (non-hydrogen) atoms. The number of benzene rings is 1. The average molecular weight is 328 g/mol. The van der Waals surface area contributed by atoms with Gasteiger partial charge >= 0.3 is 0 Å². The fourth-order valence-corrected chi connectivity index (χ4v) is 3.82. The lowest BCUT2D eigenvalue weighted by molar-refractivity contribution is 0.0926.